The maximum absolute atomic E-state index is 11.4. The highest BCUT2D eigenvalue weighted by atomic mass is 32.2. The first kappa shape index (κ1) is 14.6. The van der Waals surface area contributed by atoms with Gasteiger partial charge < -0.3 is 10.1 Å². The van der Waals surface area contributed by atoms with Gasteiger partial charge in [-0.25, -0.2) is 0 Å². The largest absolute Gasteiger partial charge is 0.496 e. The van der Waals surface area contributed by atoms with Crippen LogP contribution in [-0.2, 0) is 5.75 Å². The summed E-state index contributed by atoms with van der Waals surface area (Å²) in [6, 6.07) is 5.48. The summed E-state index contributed by atoms with van der Waals surface area (Å²) in [4.78, 5) is 15.5. The molecular formula is C13H18N2O2S. The number of hydrogen-bond acceptors (Lipinski definition) is 4. The summed E-state index contributed by atoms with van der Waals surface area (Å²) in [5.41, 5.74) is 1.69. The summed E-state index contributed by atoms with van der Waals surface area (Å²) in [6.07, 6.45) is 0. The van der Waals surface area contributed by atoms with Gasteiger partial charge in [-0.1, -0.05) is 11.8 Å². The number of thioether (sulfide) groups is 1. The first-order valence-electron chi connectivity index (χ1n) is 5.57. The van der Waals surface area contributed by atoms with Crippen LogP contribution in [0.15, 0.2) is 23.2 Å². The standard InChI is InChI=1S/C13H18N2O2S/c1-9(16)10-5-6-12(17-4)11(7-10)8-18-13(14-2)15-3/h5-7H,8H2,1-4H3,(H,14,15). The first-order valence-corrected chi connectivity index (χ1v) is 6.56. The summed E-state index contributed by atoms with van der Waals surface area (Å²) in [5, 5.41) is 3.85. The van der Waals surface area contributed by atoms with Gasteiger partial charge in [-0.3, -0.25) is 9.79 Å². The van der Waals surface area contributed by atoms with E-state index in [4.69, 9.17) is 4.74 Å². The van der Waals surface area contributed by atoms with E-state index in [-0.39, 0.29) is 5.78 Å². The third-order valence-electron chi connectivity index (χ3n) is 2.47. The van der Waals surface area contributed by atoms with Gasteiger partial charge in [0, 0.05) is 31.0 Å². The Bertz CT molecular complexity index is 458. The van der Waals surface area contributed by atoms with E-state index in [0.29, 0.717) is 11.3 Å². The number of rotatable bonds is 4. The second-order valence-electron chi connectivity index (χ2n) is 3.65. The fraction of sp³-hybridized carbons (Fsp3) is 0.385. The van der Waals surface area contributed by atoms with Crippen molar-refractivity contribution in [1.29, 1.82) is 0 Å². The topological polar surface area (TPSA) is 50.7 Å². The lowest BCUT2D eigenvalue weighted by Gasteiger charge is -2.10. The van der Waals surface area contributed by atoms with Crippen LogP contribution in [0.3, 0.4) is 0 Å². The summed E-state index contributed by atoms with van der Waals surface area (Å²) in [5.74, 6) is 1.55. The van der Waals surface area contributed by atoms with Gasteiger partial charge in [0.2, 0.25) is 0 Å². The molecule has 0 radical (unpaired) electrons. The number of aliphatic imine (C=N–C) groups is 1. The Morgan fingerprint density at radius 1 is 1.50 bits per heavy atom. The van der Waals surface area contributed by atoms with Gasteiger partial charge in [0.05, 0.1) is 7.11 Å². The van der Waals surface area contributed by atoms with Crippen molar-refractivity contribution in [2.75, 3.05) is 21.2 Å². The van der Waals surface area contributed by atoms with Crippen LogP contribution in [0.25, 0.3) is 0 Å². The number of nitrogens with one attached hydrogen (secondary N) is 1. The van der Waals surface area contributed by atoms with Gasteiger partial charge >= 0.3 is 0 Å². The molecule has 0 amide bonds. The Balaban J connectivity index is 2.91. The zero-order valence-corrected chi connectivity index (χ0v) is 11.9. The van der Waals surface area contributed by atoms with Crippen molar-refractivity contribution in [3.8, 4) is 5.75 Å². The fourth-order valence-corrected chi connectivity index (χ4v) is 2.30. The highest BCUT2D eigenvalue weighted by Crippen LogP contribution is 2.25. The van der Waals surface area contributed by atoms with E-state index in [2.05, 4.69) is 10.3 Å². The molecule has 0 saturated heterocycles. The lowest BCUT2D eigenvalue weighted by atomic mass is 10.1. The number of amidine groups is 1. The minimum atomic E-state index is 0.0573. The second-order valence-corrected chi connectivity index (χ2v) is 4.61. The molecule has 0 aliphatic carbocycles. The molecule has 0 bridgehead atoms. The van der Waals surface area contributed by atoms with Crippen molar-refractivity contribution in [2.45, 2.75) is 12.7 Å². The smallest absolute Gasteiger partial charge is 0.159 e. The molecule has 0 spiro atoms. The zero-order valence-electron chi connectivity index (χ0n) is 11.1. The van der Waals surface area contributed by atoms with E-state index in [0.717, 1.165) is 16.5 Å². The molecule has 0 saturated carbocycles. The van der Waals surface area contributed by atoms with E-state index >= 15 is 0 Å². The summed E-state index contributed by atoms with van der Waals surface area (Å²) in [7, 11) is 5.20. The molecule has 0 aliphatic rings. The third-order valence-corrected chi connectivity index (χ3v) is 3.58. The number of carbonyl (C=O) groups is 1. The molecule has 18 heavy (non-hydrogen) atoms. The zero-order chi connectivity index (χ0) is 13.5. The molecule has 0 aromatic heterocycles. The summed E-state index contributed by atoms with van der Waals surface area (Å²) in [6.45, 7) is 1.56. The number of carbonyl (C=O) groups excluding carboxylic acids is 1. The van der Waals surface area contributed by atoms with Crippen molar-refractivity contribution in [3.05, 3.63) is 29.3 Å². The van der Waals surface area contributed by atoms with Gasteiger partial charge in [-0.05, 0) is 25.1 Å². The van der Waals surface area contributed by atoms with E-state index < -0.39 is 0 Å². The van der Waals surface area contributed by atoms with Crippen molar-refractivity contribution in [3.63, 3.8) is 0 Å². The average molecular weight is 266 g/mol. The maximum Gasteiger partial charge on any atom is 0.159 e. The molecule has 0 heterocycles. The number of benzene rings is 1. The number of Topliss-reactive ketones (excluding diaryl/α,β-unsaturated/α-hetero) is 1. The van der Waals surface area contributed by atoms with E-state index in [1.807, 2.05) is 19.2 Å². The van der Waals surface area contributed by atoms with Crippen LogP contribution in [-0.4, -0.2) is 32.2 Å². The molecule has 0 unspecified atom stereocenters. The quantitative estimate of drug-likeness (QED) is 0.516. The minimum absolute atomic E-state index is 0.0573. The van der Waals surface area contributed by atoms with Crippen molar-refractivity contribution in [2.24, 2.45) is 4.99 Å². The number of ether oxygens (including phenoxy) is 1. The predicted molar refractivity (Wildman–Crippen MR) is 76.7 cm³/mol. The number of methoxy groups -OCH3 is 1. The summed E-state index contributed by atoms with van der Waals surface area (Å²) >= 11 is 1.57. The molecule has 1 rings (SSSR count). The van der Waals surface area contributed by atoms with E-state index in [1.54, 1.807) is 38.9 Å². The first-order chi connectivity index (χ1) is 8.62. The van der Waals surface area contributed by atoms with Gasteiger partial charge in [0.15, 0.2) is 11.0 Å². The van der Waals surface area contributed by atoms with Crippen LogP contribution >= 0.6 is 11.8 Å². The highest BCUT2D eigenvalue weighted by Gasteiger charge is 2.08. The molecule has 5 heteroatoms. The van der Waals surface area contributed by atoms with Gasteiger partial charge in [-0.2, -0.15) is 0 Å². The fourth-order valence-electron chi connectivity index (χ4n) is 1.51. The van der Waals surface area contributed by atoms with Crippen molar-refractivity contribution in [1.82, 2.24) is 5.32 Å². The SMILES string of the molecule is CN=C(NC)SCc1cc(C(C)=O)ccc1OC. The number of nitrogens with zero attached hydrogens (tertiary/aromatic N) is 1. The van der Waals surface area contributed by atoms with Crippen LogP contribution in [0.2, 0.25) is 0 Å². The lowest BCUT2D eigenvalue weighted by molar-refractivity contribution is 0.101. The second kappa shape index (κ2) is 7.06. The Labute approximate surface area is 112 Å². The van der Waals surface area contributed by atoms with Crippen LogP contribution in [0.5, 0.6) is 5.75 Å². The van der Waals surface area contributed by atoms with E-state index in [1.165, 1.54) is 0 Å². The molecule has 1 N–H and O–H groups in total. The monoisotopic (exact) mass is 266 g/mol. The normalized spacial score (nSPS) is 11.2. The molecule has 0 aliphatic heterocycles. The molecular weight excluding hydrogens is 248 g/mol. The van der Waals surface area contributed by atoms with Crippen LogP contribution in [0.1, 0.15) is 22.8 Å². The highest BCUT2D eigenvalue weighted by molar-refractivity contribution is 8.13. The maximum atomic E-state index is 11.4. The Kier molecular flexibility index (Phi) is 5.71. The number of ketones is 1. The average Bonchev–Trinajstić information content (AvgIpc) is 2.39. The minimum Gasteiger partial charge on any atom is -0.496 e. The molecule has 4 nitrogen and oxygen atoms in total. The number of hydrogen-bond donors (Lipinski definition) is 1. The Morgan fingerprint density at radius 2 is 2.22 bits per heavy atom. The summed E-state index contributed by atoms with van der Waals surface area (Å²) < 4.78 is 5.29. The molecule has 98 valence electrons. The van der Waals surface area contributed by atoms with Crippen LogP contribution in [0.4, 0.5) is 0 Å². The Hall–Kier alpha value is -1.49. The molecule has 1 aromatic carbocycles. The molecule has 0 fully saturated rings. The third kappa shape index (κ3) is 3.77. The molecule has 0 atom stereocenters. The van der Waals surface area contributed by atoms with Crippen LogP contribution in [0, 0.1) is 0 Å². The van der Waals surface area contributed by atoms with Gasteiger partial charge in [-0.15, -0.1) is 0 Å². The Morgan fingerprint density at radius 3 is 2.72 bits per heavy atom. The van der Waals surface area contributed by atoms with Crippen LogP contribution < -0.4 is 10.1 Å². The van der Waals surface area contributed by atoms with Gasteiger partial charge in [0.25, 0.3) is 0 Å². The van der Waals surface area contributed by atoms with Crippen molar-refractivity contribution < 1.29 is 9.53 Å². The van der Waals surface area contributed by atoms with Gasteiger partial charge in [0.1, 0.15) is 5.75 Å². The molecule has 1 aromatic rings. The van der Waals surface area contributed by atoms with E-state index in [9.17, 15) is 4.79 Å². The lowest BCUT2D eigenvalue weighted by Crippen LogP contribution is -2.14. The predicted octanol–water partition coefficient (Wildman–Crippen LogP) is 2.34. The van der Waals surface area contributed by atoms with Crippen molar-refractivity contribution >= 4 is 22.7 Å².